The van der Waals surface area contributed by atoms with E-state index in [1.807, 2.05) is 25.1 Å². The Hall–Kier alpha value is -2.97. The van der Waals surface area contributed by atoms with Crippen molar-refractivity contribution in [1.29, 1.82) is 0 Å². The molecule has 1 N–H and O–H groups in total. The first kappa shape index (κ1) is 24.7. The lowest BCUT2D eigenvalue weighted by Crippen LogP contribution is -2.50. The summed E-state index contributed by atoms with van der Waals surface area (Å²) in [6, 6.07) is 14.3. The molecule has 0 saturated carbocycles. The first-order valence-corrected chi connectivity index (χ1v) is 12.9. The Morgan fingerprint density at radius 1 is 1.00 bits per heavy atom. The first-order valence-electron chi connectivity index (χ1n) is 12.9. The van der Waals surface area contributed by atoms with Gasteiger partial charge in [0, 0.05) is 69.0 Å². The number of likely N-dealkylation sites (N-methyl/N-ethyl adjacent to an activating group) is 1. The van der Waals surface area contributed by atoms with Crippen LogP contribution in [-0.2, 0) is 11.3 Å². The summed E-state index contributed by atoms with van der Waals surface area (Å²) in [5.74, 6) is -0.0747. The number of anilines is 2. The molecule has 3 aliphatic rings. The third kappa shape index (κ3) is 5.87. The lowest BCUT2D eigenvalue weighted by Gasteiger charge is -2.40. The van der Waals surface area contributed by atoms with Gasteiger partial charge in [-0.3, -0.25) is 14.6 Å². The van der Waals surface area contributed by atoms with Crippen LogP contribution in [-0.4, -0.2) is 86.3 Å². The number of morpholine rings is 1. The quantitative estimate of drug-likeness (QED) is 0.673. The van der Waals surface area contributed by atoms with Crippen LogP contribution >= 0.6 is 0 Å². The average Bonchev–Trinajstić information content (AvgIpc) is 2.92. The number of carbonyl (C=O) groups is 1. The summed E-state index contributed by atoms with van der Waals surface area (Å²) in [4.78, 5) is 22.8. The van der Waals surface area contributed by atoms with Crippen molar-refractivity contribution in [2.45, 2.75) is 19.6 Å². The maximum Gasteiger partial charge on any atom is 0.255 e. The molecular formula is C29H37N5O2. The van der Waals surface area contributed by atoms with Crippen molar-refractivity contribution in [2.75, 3.05) is 69.7 Å². The van der Waals surface area contributed by atoms with Crippen molar-refractivity contribution in [1.82, 2.24) is 14.7 Å². The van der Waals surface area contributed by atoms with Crippen molar-refractivity contribution in [3.63, 3.8) is 0 Å². The van der Waals surface area contributed by atoms with Crippen LogP contribution in [0.2, 0.25) is 0 Å². The van der Waals surface area contributed by atoms with Crippen LogP contribution < -0.4 is 10.2 Å². The Morgan fingerprint density at radius 3 is 2.61 bits per heavy atom. The molecule has 1 unspecified atom stereocenters. The molecule has 7 heteroatoms. The van der Waals surface area contributed by atoms with Gasteiger partial charge in [0.2, 0.25) is 0 Å². The number of benzene rings is 2. The van der Waals surface area contributed by atoms with E-state index in [-0.39, 0.29) is 12.1 Å². The van der Waals surface area contributed by atoms with Gasteiger partial charge in [-0.15, -0.1) is 0 Å². The fourth-order valence-electron chi connectivity index (χ4n) is 5.04. The molecule has 7 nitrogen and oxygen atoms in total. The van der Waals surface area contributed by atoms with E-state index in [2.05, 4.69) is 80.7 Å². The number of hydrogen-bond acceptors (Lipinski definition) is 6. The second kappa shape index (κ2) is 11.4. The topological polar surface area (TPSA) is 51.3 Å². The van der Waals surface area contributed by atoms with Crippen LogP contribution in [0.5, 0.6) is 0 Å². The summed E-state index contributed by atoms with van der Waals surface area (Å²) < 4.78 is 5.55. The SMILES string of the molecule is Cc1ccc(N2C=CC=CC2N2CCOCC2)cc1NC(=O)c1cccc(CN2CCN(C)CC2)c1. The molecule has 0 spiro atoms. The smallest absolute Gasteiger partial charge is 0.255 e. The number of amides is 1. The zero-order chi connectivity index (χ0) is 24.9. The number of aryl methyl sites for hydroxylation is 1. The second-order valence-corrected chi connectivity index (χ2v) is 9.93. The zero-order valence-corrected chi connectivity index (χ0v) is 21.4. The minimum Gasteiger partial charge on any atom is -0.379 e. The molecule has 3 heterocycles. The van der Waals surface area contributed by atoms with Crippen LogP contribution in [0.15, 0.2) is 66.9 Å². The van der Waals surface area contributed by atoms with Crippen molar-refractivity contribution >= 4 is 17.3 Å². The average molecular weight is 488 g/mol. The van der Waals surface area contributed by atoms with Gasteiger partial charge >= 0.3 is 0 Å². The van der Waals surface area contributed by atoms with E-state index in [0.29, 0.717) is 5.56 Å². The number of nitrogens with one attached hydrogen (secondary N) is 1. The lowest BCUT2D eigenvalue weighted by molar-refractivity contribution is 0.0263. The van der Waals surface area contributed by atoms with Gasteiger partial charge in [-0.2, -0.15) is 0 Å². The summed E-state index contributed by atoms with van der Waals surface area (Å²) in [5, 5.41) is 3.18. The van der Waals surface area contributed by atoms with Gasteiger partial charge in [0.15, 0.2) is 0 Å². The Bertz CT molecular complexity index is 1120. The van der Waals surface area contributed by atoms with E-state index >= 15 is 0 Å². The highest BCUT2D eigenvalue weighted by molar-refractivity contribution is 6.05. The number of rotatable bonds is 6. The normalized spacial score (nSPS) is 21.6. The second-order valence-electron chi connectivity index (χ2n) is 9.93. The number of piperazine rings is 1. The molecule has 2 saturated heterocycles. The minimum absolute atomic E-state index is 0.0747. The molecule has 2 aromatic rings. The zero-order valence-electron chi connectivity index (χ0n) is 21.4. The predicted octanol–water partition coefficient (Wildman–Crippen LogP) is 3.54. The van der Waals surface area contributed by atoms with Crippen molar-refractivity contribution in [3.05, 3.63) is 83.6 Å². The Balaban J connectivity index is 1.29. The highest BCUT2D eigenvalue weighted by atomic mass is 16.5. The summed E-state index contributed by atoms with van der Waals surface area (Å²) in [7, 11) is 2.17. The highest BCUT2D eigenvalue weighted by Gasteiger charge is 2.25. The molecule has 0 radical (unpaired) electrons. The van der Waals surface area contributed by atoms with Crippen molar-refractivity contribution in [2.24, 2.45) is 0 Å². The molecule has 2 aromatic carbocycles. The van der Waals surface area contributed by atoms with Gasteiger partial charge in [0.05, 0.1) is 13.2 Å². The van der Waals surface area contributed by atoms with Gasteiger partial charge in [0.1, 0.15) is 6.17 Å². The molecule has 1 amide bonds. The van der Waals surface area contributed by atoms with Gasteiger partial charge in [-0.1, -0.05) is 24.3 Å². The Labute approximate surface area is 214 Å². The number of nitrogens with zero attached hydrogens (tertiary/aromatic N) is 4. The number of allylic oxidation sites excluding steroid dienone is 2. The van der Waals surface area contributed by atoms with Gasteiger partial charge in [-0.05, 0) is 61.5 Å². The number of carbonyl (C=O) groups excluding carboxylic acids is 1. The molecule has 0 aromatic heterocycles. The Morgan fingerprint density at radius 2 is 1.81 bits per heavy atom. The van der Waals surface area contributed by atoms with Crippen molar-refractivity contribution < 1.29 is 9.53 Å². The fourth-order valence-corrected chi connectivity index (χ4v) is 5.04. The lowest BCUT2D eigenvalue weighted by atomic mass is 10.1. The monoisotopic (exact) mass is 487 g/mol. The third-order valence-electron chi connectivity index (χ3n) is 7.30. The molecule has 2 fully saturated rings. The summed E-state index contributed by atoms with van der Waals surface area (Å²) in [5.41, 5.74) is 4.80. The maximum absolute atomic E-state index is 13.3. The molecule has 0 bridgehead atoms. The van der Waals surface area contributed by atoms with Gasteiger partial charge < -0.3 is 19.9 Å². The van der Waals surface area contributed by atoms with Gasteiger partial charge in [-0.25, -0.2) is 0 Å². The minimum atomic E-state index is -0.0747. The molecule has 5 rings (SSSR count). The largest absolute Gasteiger partial charge is 0.379 e. The molecule has 36 heavy (non-hydrogen) atoms. The van der Waals surface area contributed by atoms with E-state index in [0.717, 1.165) is 76.0 Å². The highest BCUT2D eigenvalue weighted by Crippen LogP contribution is 2.28. The van der Waals surface area contributed by atoms with E-state index in [9.17, 15) is 4.79 Å². The molecule has 0 aliphatic carbocycles. The number of ether oxygens (including phenoxy) is 1. The molecular weight excluding hydrogens is 450 g/mol. The number of hydrogen-bond donors (Lipinski definition) is 1. The third-order valence-corrected chi connectivity index (χ3v) is 7.30. The fraction of sp³-hybridized carbons (Fsp3) is 0.414. The predicted molar refractivity (Wildman–Crippen MR) is 145 cm³/mol. The molecule has 190 valence electrons. The van der Waals surface area contributed by atoms with E-state index in [1.54, 1.807) is 0 Å². The van der Waals surface area contributed by atoms with Crippen molar-refractivity contribution in [3.8, 4) is 0 Å². The van der Waals surface area contributed by atoms with Crippen LogP contribution in [0.1, 0.15) is 21.5 Å². The van der Waals surface area contributed by atoms with E-state index in [1.165, 1.54) is 5.56 Å². The summed E-state index contributed by atoms with van der Waals surface area (Å²) in [6.07, 6.45) is 8.62. The van der Waals surface area contributed by atoms with Crippen LogP contribution in [0.4, 0.5) is 11.4 Å². The van der Waals surface area contributed by atoms with Gasteiger partial charge in [0.25, 0.3) is 5.91 Å². The Kier molecular flexibility index (Phi) is 7.82. The van der Waals surface area contributed by atoms with Crippen LogP contribution in [0.3, 0.4) is 0 Å². The standard InChI is InChI=1S/C29H37N5O2/c1-23-9-10-26(34-11-4-3-8-28(34)33-16-18-36-19-17-33)21-27(23)30-29(35)25-7-5-6-24(20-25)22-32-14-12-31(2)13-15-32/h3-11,20-21,28H,12-19,22H2,1-2H3,(H,30,35). The molecule has 3 aliphatic heterocycles. The van der Waals surface area contributed by atoms with Crippen LogP contribution in [0.25, 0.3) is 0 Å². The first-order chi connectivity index (χ1) is 17.6. The maximum atomic E-state index is 13.3. The van der Waals surface area contributed by atoms with E-state index < -0.39 is 0 Å². The summed E-state index contributed by atoms with van der Waals surface area (Å²) in [6.45, 7) is 10.5. The van der Waals surface area contributed by atoms with Crippen LogP contribution in [0, 0.1) is 6.92 Å². The van der Waals surface area contributed by atoms with E-state index in [4.69, 9.17) is 4.74 Å². The summed E-state index contributed by atoms with van der Waals surface area (Å²) >= 11 is 0. The molecule has 1 atom stereocenters.